The summed E-state index contributed by atoms with van der Waals surface area (Å²) in [5.74, 6) is 0.488. The van der Waals surface area contributed by atoms with Crippen LogP contribution in [0.25, 0.3) is 0 Å². The first-order chi connectivity index (χ1) is 13.1. The standard InChI is InChI=1S/C21H20ClN3O2/c1-15-23-12-14-25(15)13-4-11-24-21(27)19-6-3-2-5-18(19)20(26)16-7-9-17(22)10-8-16/h2-3,5-10,12,14H,4,11,13H2,1H3,(H,24,27). The second kappa shape index (κ2) is 8.64. The van der Waals surface area contributed by atoms with E-state index >= 15 is 0 Å². The number of hydrogen-bond acceptors (Lipinski definition) is 3. The molecule has 3 rings (SSSR count). The normalized spacial score (nSPS) is 10.6. The number of hydrogen-bond donors (Lipinski definition) is 1. The number of amides is 1. The van der Waals surface area contributed by atoms with Gasteiger partial charge in [0.05, 0.1) is 5.56 Å². The first-order valence-corrected chi connectivity index (χ1v) is 9.09. The largest absolute Gasteiger partial charge is 0.352 e. The van der Waals surface area contributed by atoms with Crippen molar-refractivity contribution in [3.05, 3.63) is 88.5 Å². The minimum atomic E-state index is -0.254. The van der Waals surface area contributed by atoms with Gasteiger partial charge >= 0.3 is 0 Å². The van der Waals surface area contributed by atoms with E-state index in [0.29, 0.717) is 28.3 Å². The van der Waals surface area contributed by atoms with Crippen molar-refractivity contribution in [2.45, 2.75) is 19.9 Å². The highest BCUT2D eigenvalue weighted by Crippen LogP contribution is 2.17. The SMILES string of the molecule is Cc1nccn1CCCNC(=O)c1ccccc1C(=O)c1ccc(Cl)cc1. The summed E-state index contributed by atoms with van der Waals surface area (Å²) in [7, 11) is 0. The van der Waals surface area contributed by atoms with E-state index in [1.54, 1.807) is 54.7 Å². The number of benzene rings is 2. The van der Waals surface area contributed by atoms with Crippen LogP contribution in [0.2, 0.25) is 5.02 Å². The van der Waals surface area contributed by atoms with Crippen molar-refractivity contribution in [2.75, 3.05) is 6.54 Å². The molecule has 0 aliphatic rings. The fraction of sp³-hybridized carbons (Fsp3) is 0.190. The van der Waals surface area contributed by atoms with Gasteiger partial charge in [-0.2, -0.15) is 0 Å². The van der Waals surface area contributed by atoms with Crippen molar-refractivity contribution < 1.29 is 9.59 Å². The fourth-order valence-corrected chi connectivity index (χ4v) is 2.95. The van der Waals surface area contributed by atoms with E-state index in [1.807, 2.05) is 17.7 Å². The summed E-state index contributed by atoms with van der Waals surface area (Å²) in [6.45, 7) is 3.23. The van der Waals surface area contributed by atoms with E-state index in [1.165, 1.54) is 0 Å². The molecule has 1 amide bonds. The van der Waals surface area contributed by atoms with Crippen molar-refractivity contribution in [1.29, 1.82) is 0 Å². The maximum absolute atomic E-state index is 12.8. The van der Waals surface area contributed by atoms with Crippen molar-refractivity contribution in [3.63, 3.8) is 0 Å². The number of ketones is 1. The molecule has 0 atom stereocenters. The maximum atomic E-state index is 12.8. The highest BCUT2D eigenvalue weighted by atomic mass is 35.5. The second-order valence-corrected chi connectivity index (χ2v) is 6.60. The molecule has 0 radical (unpaired) electrons. The molecule has 1 aromatic heterocycles. The van der Waals surface area contributed by atoms with Gasteiger partial charge in [0.15, 0.2) is 5.78 Å². The molecular formula is C21H20ClN3O2. The van der Waals surface area contributed by atoms with Crippen molar-refractivity contribution in [3.8, 4) is 0 Å². The van der Waals surface area contributed by atoms with Crippen molar-refractivity contribution in [2.24, 2.45) is 0 Å². The molecule has 0 aliphatic carbocycles. The van der Waals surface area contributed by atoms with E-state index < -0.39 is 0 Å². The molecule has 27 heavy (non-hydrogen) atoms. The van der Waals surface area contributed by atoms with Gasteiger partial charge in [-0.1, -0.05) is 29.8 Å². The molecule has 1 heterocycles. The molecule has 6 heteroatoms. The number of aryl methyl sites for hydroxylation is 2. The molecule has 138 valence electrons. The van der Waals surface area contributed by atoms with Crippen molar-refractivity contribution in [1.82, 2.24) is 14.9 Å². The molecule has 0 saturated carbocycles. The van der Waals surface area contributed by atoms with Gasteiger partial charge < -0.3 is 9.88 Å². The van der Waals surface area contributed by atoms with Gasteiger partial charge in [0, 0.05) is 41.6 Å². The predicted molar refractivity (Wildman–Crippen MR) is 105 cm³/mol. The molecule has 0 fully saturated rings. The Morgan fingerprint density at radius 3 is 2.44 bits per heavy atom. The van der Waals surface area contributed by atoms with Crippen LogP contribution >= 0.6 is 11.6 Å². The maximum Gasteiger partial charge on any atom is 0.252 e. The molecular weight excluding hydrogens is 362 g/mol. The summed E-state index contributed by atoms with van der Waals surface area (Å²) in [4.78, 5) is 29.5. The number of imidazole rings is 1. The third kappa shape index (κ3) is 4.63. The van der Waals surface area contributed by atoms with Crippen LogP contribution in [-0.2, 0) is 6.54 Å². The summed E-state index contributed by atoms with van der Waals surface area (Å²) in [5.41, 5.74) is 1.24. The molecule has 2 aromatic carbocycles. The summed E-state index contributed by atoms with van der Waals surface area (Å²) >= 11 is 5.88. The highest BCUT2D eigenvalue weighted by Gasteiger charge is 2.17. The Hall–Kier alpha value is -2.92. The summed E-state index contributed by atoms with van der Waals surface area (Å²) < 4.78 is 2.03. The lowest BCUT2D eigenvalue weighted by atomic mass is 9.98. The number of carbonyl (C=O) groups is 2. The van der Waals surface area contributed by atoms with Gasteiger partial charge in [-0.3, -0.25) is 9.59 Å². The lowest BCUT2D eigenvalue weighted by Crippen LogP contribution is -2.27. The molecule has 0 saturated heterocycles. The minimum Gasteiger partial charge on any atom is -0.352 e. The van der Waals surface area contributed by atoms with Crippen LogP contribution in [0.3, 0.4) is 0 Å². The van der Waals surface area contributed by atoms with Crippen LogP contribution in [0.4, 0.5) is 0 Å². The average molecular weight is 382 g/mol. The van der Waals surface area contributed by atoms with E-state index in [9.17, 15) is 9.59 Å². The van der Waals surface area contributed by atoms with Gasteiger partial charge in [0.25, 0.3) is 5.91 Å². The number of halogens is 1. The Morgan fingerprint density at radius 1 is 1.07 bits per heavy atom. The van der Waals surface area contributed by atoms with Crippen LogP contribution in [0.15, 0.2) is 60.9 Å². The number of rotatable bonds is 7. The molecule has 0 unspecified atom stereocenters. The van der Waals surface area contributed by atoms with E-state index in [4.69, 9.17) is 11.6 Å². The average Bonchev–Trinajstić information content (AvgIpc) is 3.10. The zero-order chi connectivity index (χ0) is 19.2. The predicted octanol–water partition coefficient (Wildman–Crippen LogP) is 3.90. The molecule has 0 aliphatic heterocycles. The minimum absolute atomic E-state index is 0.202. The second-order valence-electron chi connectivity index (χ2n) is 6.16. The summed E-state index contributed by atoms with van der Waals surface area (Å²) in [6.07, 6.45) is 4.44. The quantitative estimate of drug-likeness (QED) is 0.498. The Morgan fingerprint density at radius 2 is 1.78 bits per heavy atom. The number of aromatic nitrogens is 2. The fourth-order valence-electron chi connectivity index (χ4n) is 2.82. The number of nitrogens with one attached hydrogen (secondary N) is 1. The lowest BCUT2D eigenvalue weighted by Gasteiger charge is -2.10. The van der Waals surface area contributed by atoms with Crippen LogP contribution in [0.5, 0.6) is 0 Å². The van der Waals surface area contributed by atoms with Crippen molar-refractivity contribution >= 4 is 23.3 Å². The number of nitrogens with zero attached hydrogens (tertiary/aromatic N) is 2. The summed E-state index contributed by atoms with van der Waals surface area (Å²) in [5, 5.41) is 3.45. The van der Waals surface area contributed by atoms with Crippen LogP contribution in [0.1, 0.15) is 38.5 Å². The van der Waals surface area contributed by atoms with E-state index in [-0.39, 0.29) is 11.7 Å². The van der Waals surface area contributed by atoms with Gasteiger partial charge in [-0.25, -0.2) is 4.98 Å². The smallest absolute Gasteiger partial charge is 0.252 e. The first-order valence-electron chi connectivity index (χ1n) is 8.71. The Balaban J connectivity index is 1.65. The summed E-state index contributed by atoms with van der Waals surface area (Å²) in [6, 6.07) is 13.5. The third-order valence-electron chi connectivity index (χ3n) is 4.31. The third-order valence-corrected chi connectivity index (χ3v) is 4.56. The molecule has 0 spiro atoms. The van der Waals surface area contributed by atoms with E-state index in [0.717, 1.165) is 18.8 Å². The zero-order valence-corrected chi connectivity index (χ0v) is 15.7. The molecule has 5 nitrogen and oxygen atoms in total. The topological polar surface area (TPSA) is 64.0 Å². The molecule has 3 aromatic rings. The Labute approximate surface area is 163 Å². The zero-order valence-electron chi connectivity index (χ0n) is 15.0. The van der Waals surface area contributed by atoms with Crippen LogP contribution in [-0.4, -0.2) is 27.8 Å². The van der Waals surface area contributed by atoms with E-state index in [2.05, 4.69) is 10.3 Å². The Kier molecular flexibility index (Phi) is 6.04. The van der Waals surface area contributed by atoms with Crippen LogP contribution < -0.4 is 5.32 Å². The van der Waals surface area contributed by atoms with Gasteiger partial charge in [0.2, 0.25) is 0 Å². The van der Waals surface area contributed by atoms with Crippen LogP contribution in [0, 0.1) is 6.92 Å². The molecule has 0 bridgehead atoms. The Bertz CT molecular complexity index is 948. The van der Waals surface area contributed by atoms with Gasteiger partial charge in [0.1, 0.15) is 5.82 Å². The molecule has 1 N–H and O–H groups in total. The first kappa shape index (κ1) is 18.9. The van der Waals surface area contributed by atoms with Gasteiger partial charge in [-0.15, -0.1) is 0 Å². The van der Waals surface area contributed by atoms with Gasteiger partial charge in [-0.05, 0) is 43.7 Å². The lowest BCUT2D eigenvalue weighted by molar-refractivity contribution is 0.0941. The highest BCUT2D eigenvalue weighted by molar-refractivity contribution is 6.30. The monoisotopic (exact) mass is 381 g/mol. The number of carbonyl (C=O) groups excluding carboxylic acids is 2.